The monoisotopic (exact) mass is 459 g/mol. The van der Waals surface area contributed by atoms with Crippen LogP contribution in [0.1, 0.15) is 24.0 Å². The molecule has 4 rings (SSSR count). The van der Waals surface area contributed by atoms with Crippen LogP contribution in [-0.2, 0) is 10.2 Å². The second-order valence-corrected chi connectivity index (χ2v) is 9.52. The molecule has 0 aliphatic carbocycles. The molecule has 0 radical (unpaired) electrons. The van der Waals surface area contributed by atoms with Gasteiger partial charge in [-0.25, -0.2) is 0 Å². The van der Waals surface area contributed by atoms with Crippen LogP contribution in [0.2, 0.25) is 0 Å². The van der Waals surface area contributed by atoms with E-state index in [0.29, 0.717) is 6.61 Å². The van der Waals surface area contributed by atoms with Gasteiger partial charge in [-0.05, 0) is 23.3 Å². The average molecular weight is 460 g/mol. The van der Waals surface area contributed by atoms with Crippen molar-refractivity contribution in [1.82, 2.24) is 0 Å². The average Bonchev–Trinajstić information content (AvgIpc) is 3.26. The van der Waals surface area contributed by atoms with Gasteiger partial charge in [0.25, 0.3) is 0 Å². The summed E-state index contributed by atoms with van der Waals surface area (Å²) in [6, 6.07) is 27.8. The van der Waals surface area contributed by atoms with Gasteiger partial charge < -0.3 is 19.7 Å². The summed E-state index contributed by atoms with van der Waals surface area (Å²) in [7, 11) is 3.94. The van der Waals surface area contributed by atoms with Crippen molar-refractivity contribution in [3.63, 3.8) is 0 Å². The summed E-state index contributed by atoms with van der Waals surface area (Å²) >= 11 is 0. The lowest BCUT2D eigenvalue weighted by Gasteiger charge is -2.38. The van der Waals surface area contributed by atoms with Crippen molar-refractivity contribution in [2.24, 2.45) is 11.7 Å². The summed E-state index contributed by atoms with van der Waals surface area (Å²) in [5, 5.41) is 0. The number of nitrogens with two attached hydrogens (primary N) is 1. The minimum absolute atomic E-state index is 0.124. The minimum Gasteiger partial charge on any atom is -0.497 e. The number of carbonyl (C=O) groups is 1. The number of methoxy groups -OCH3 is 1. The first kappa shape index (κ1) is 23.8. The summed E-state index contributed by atoms with van der Waals surface area (Å²) in [5.74, 6) is 1.47. The van der Waals surface area contributed by atoms with Crippen molar-refractivity contribution >= 4 is 5.91 Å². The van der Waals surface area contributed by atoms with Crippen LogP contribution in [0.3, 0.4) is 0 Å². The number of quaternary nitrogens is 1. The zero-order valence-electron chi connectivity index (χ0n) is 20.2. The number of nitrogens with zero attached hydrogens (tertiary/aromatic N) is 1. The number of carbonyl (C=O) groups excluding carboxylic acids is 1. The van der Waals surface area contributed by atoms with E-state index in [1.165, 1.54) is 0 Å². The van der Waals surface area contributed by atoms with Crippen LogP contribution in [-0.4, -0.2) is 50.8 Å². The van der Waals surface area contributed by atoms with Crippen LogP contribution >= 0.6 is 0 Å². The highest BCUT2D eigenvalue weighted by molar-refractivity contribution is 5.91. The van der Waals surface area contributed by atoms with Gasteiger partial charge >= 0.3 is 0 Å². The Morgan fingerprint density at radius 3 is 2.18 bits per heavy atom. The van der Waals surface area contributed by atoms with Crippen LogP contribution in [0, 0.1) is 5.92 Å². The largest absolute Gasteiger partial charge is 0.497 e. The zero-order chi connectivity index (χ0) is 24.0. The highest BCUT2D eigenvalue weighted by atomic mass is 16.5. The molecule has 1 heterocycles. The van der Waals surface area contributed by atoms with Gasteiger partial charge in [-0.3, -0.25) is 4.79 Å². The Hall–Kier alpha value is -3.31. The number of likely N-dealkylation sites (tertiary alicyclic amines) is 1. The van der Waals surface area contributed by atoms with Gasteiger partial charge in [-0.1, -0.05) is 66.7 Å². The van der Waals surface area contributed by atoms with Crippen LogP contribution in [0.25, 0.3) is 0 Å². The van der Waals surface area contributed by atoms with Crippen LogP contribution in [0.4, 0.5) is 0 Å². The molecule has 2 N–H and O–H groups in total. The maximum atomic E-state index is 13.3. The summed E-state index contributed by atoms with van der Waals surface area (Å²) < 4.78 is 12.1. The lowest BCUT2D eigenvalue weighted by molar-refractivity contribution is -0.899. The van der Waals surface area contributed by atoms with Crippen LogP contribution in [0.15, 0.2) is 84.9 Å². The lowest BCUT2D eigenvalue weighted by atomic mass is 9.64. The molecule has 34 heavy (non-hydrogen) atoms. The molecular formula is C29H35N2O3+. The third-order valence-electron chi connectivity index (χ3n) is 7.29. The molecule has 1 aliphatic heterocycles. The standard InChI is InChI=1S/C29H34N2O3/c1-31(18-10-20-34-27-16-9-15-26(21-27)33-2)19-17-25(22-31)29(28(30)32,23-11-5-3-6-12-23)24-13-7-4-8-14-24/h3-9,11-16,21,25H,10,17-20,22H2,1-2H3,(H-,30,32)/p+1/t25-,31?/m1/s1. The number of rotatable bonds is 10. The van der Waals surface area contributed by atoms with E-state index < -0.39 is 5.41 Å². The van der Waals surface area contributed by atoms with E-state index in [4.69, 9.17) is 15.2 Å². The van der Waals surface area contributed by atoms with Gasteiger partial charge in [0.1, 0.15) is 16.9 Å². The van der Waals surface area contributed by atoms with Gasteiger partial charge in [0.05, 0.1) is 40.4 Å². The Morgan fingerprint density at radius 2 is 1.59 bits per heavy atom. The number of hydrogen-bond donors (Lipinski definition) is 1. The van der Waals surface area contributed by atoms with Gasteiger partial charge in [0.15, 0.2) is 0 Å². The highest BCUT2D eigenvalue weighted by Gasteiger charge is 2.53. The first-order valence-electron chi connectivity index (χ1n) is 12.0. The van der Waals surface area contributed by atoms with Gasteiger partial charge in [-0.15, -0.1) is 0 Å². The van der Waals surface area contributed by atoms with E-state index in [2.05, 4.69) is 7.05 Å². The fourth-order valence-electron chi connectivity index (χ4n) is 5.59. The van der Waals surface area contributed by atoms with Crippen molar-refractivity contribution in [2.75, 3.05) is 40.4 Å². The summed E-state index contributed by atoms with van der Waals surface area (Å²) in [6.45, 7) is 3.54. The third-order valence-corrected chi connectivity index (χ3v) is 7.29. The number of hydrogen-bond acceptors (Lipinski definition) is 3. The molecule has 2 atom stereocenters. The molecule has 5 nitrogen and oxygen atoms in total. The second-order valence-electron chi connectivity index (χ2n) is 9.52. The molecular weight excluding hydrogens is 424 g/mol. The maximum Gasteiger partial charge on any atom is 0.233 e. The molecule has 3 aromatic carbocycles. The molecule has 0 spiro atoms. The summed E-state index contributed by atoms with van der Waals surface area (Å²) in [4.78, 5) is 13.3. The zero-order valence-corrected chi connectivity index (χ0v) is 20.2. The Kier molecular flexibility index (Phi) is 7.23. The molecule has 0 bridgehead atoms. The second kappa shape index (κ2) is 10.3. The molecule has 0 saturated carbocycles. The molecule has 1 unspecified atom stereocenters. The predicted octanol–water partition coefficient (Wildman–Crippen LogP) is 4.40. The molecule has 1 amide bonds. The molecule has 178 valence electrons. The summed E-state index contributed by atoms with van der Waals surface area (Å²) in [5.41, 5.74) is 7.36. The topological polar surface area (TPSA) is 61.6 Å². The Balaban J connectivity index is 1.50. The van der Waals surface area contributed by atoms with Gasteiger partial charge in [0.2, 0.25) is 5.91 Å². The normalized spacial score (nSPS) is 20.1. The SMILES string of the molecule is COc1cccc(OCCC[N+]2(C)CC[C@@H](C(C(N)=O)(c3ccccc3)c3ccccc3)C2)c1. The Labute approximate surface area is 202 Å². The number of ether oxygens (including phenoxy) is 2. The smallest absolute Gasteiger partial charge is 0.233 e. The van der Waals surface area contributed by atoms with Gasteiger partial charge in [0, 0.05) is 24.8 Å². The number of benzene rings is 3. The van der Waals surface area contributed by atoms with Crippen molar-refractivity contribution < 1.29 is 18.8 Å². The van der Waals surface area contributed by atoms with E-state index in [0.717, 1.165) is 59.6 Å². The van der Waals surface area contributed by atoms with Crippen molar-refractivity contribution in [2.45, 2.75) is 18.3 Å². The van der Waals surface area contributed by atoms with E-state index >= 15 is 0 Å². The van der Waals surface area contributed by atoms with E-state index in [9.17, 15) is 4.79 Å². The van der Waals surface area contributed by atoms with Crippen molar-refractivity contribution in [1.29, 1.82) is 0 Å². The van der Waals surface area contributed by atoms with Crippen molar-refractivity contribution in [3.8, 4) is 11.5 Å². The predicted molar refractivity (Wildman–Crippen MR) is 135 cm³/mol. The molecule has 1 aliphatic rings. The quantitative estimate of drug-likeness (QED) is 0.361. The van der Waals surface area contributed by atoms with Crippen molar-refractivity contribution in [3.05, 3.63) is 96.1 Å². The van der Waals surface area contributed by atoms with Gasteiger partial charge in [-0.2, -0.15) is 0 Å². The lowest BCUT2D eigenvalue weighted by Crippen LogP contribution is -2.51. The van der Waals surface area contributed by atoms with E-state index in [1.54, 1.807) is 7.11 Å². The number of primary amides is 1. The fourth-order valence-corrected chi connectivity index (χ4v) is 5.59. The molecule has 1 saturated heterocycles. The summed E-state index contributed by atoms with van der Waals surface area (Å²) in [6.07, 6.45) is 1.88. The first-order valence-corrected chi connectivity index (χ1v) is 12.0. The molecule has 1 fully saturated rings. The Bertz CT molecular complexity index is 1050. The Morgan fingerprint density at radius 1 is 0.971 bits per heavy atom. The molecule has 3 aromatic rings. The van der Waals surface area contributed by atoms with E-state index in [1.807, 2.05) is 84.9 Å². The van der Waals surface area contributed by atoms with E-state index in [-0.39, 0.29) is 11.8 Å². The van der Waals surface area contributed by atoms with Crippen LogP contribution < -0.4 is 15.2 Å². The van der Waals surface area contributed by atoms with Crippen LogP contribution in [0.5, 0.6) is 11.5 Å². The maximum absolute atomic E-state index is 13.3. The molecule has 0 aromatic heterocycles. The fraction of sp³-hybridized carbons (Fsp3) is 0.345. The first-order chi connectivity index (χ1) is 16.5. The molecule has 5 heteroatoms. The number of amides is 1. The minimum atomic E-state index is -0.838. The highest BCUT2D eigenvalue weighted by Crippen LogP contribution is 2.45. The third kappa shape index (κ3) is 4.80.